The molecule has 1 atom stereocenters. The third kappa shape index (κ3) is 25.2. The summed E-state index contributed by atoms with van der Waals surface area (Å²) < 4.78 is 0. The standard InChI is InChI=1S/C56H98O2S/c1-7-10-12-14-16-18-20-22-24-26-28-30-32-34-36-38-40-50-42-47(4)44-53(55(50)57)52(46-49(6)59-9-3)54-45-48(5)43-51(56(54)58)41-39-37-35-33-31-29-27-25-23-21-19-17-15-13-11-8-2/h42-45,49,52,57-58H,7-41,46H2,1-6H3. The summed E-state index contributed by atoms with van der Waals surface area (Å²) in [6.07, 6.45) is 46.7. The highest BCUT2D eigenvalue weighted by molar-refractivity contribution is 7.99. The van der Waals surface area contributed by atoms with Crippen LogP contribution in [0.1, 0.15) is 279 Å². The van der Waals surface area contributed by atoms with E-state index in [0.717, 1.165) is 60.1 Å². The SMILES string of the molecule is CCCCCCCCCCCCCCCCCCc1cc(C)cc(C(CC(C)SCC)c2cc(C)cc(CCCCCCCCCCCCCCCCCC)c2O)c1O. The monoisotopic (exact) mass is 835 g/mol. The predicted molar refractivity (Wildman–Crippen MR) is 266 cm³/mol. The molecule has 2 nitrogen and oxygen atoms in total. The van der Waals surface area contributed by atoms with Crippen molar-refractivity contribution < 1.29 is 10.2 Å². The highest BCUT2D eigenvalue weighted by atomic mass is 32.2. The first-order chi connectivity index (χ1) is 28.8. The largest absolute Gasteiger partial charge is 0.507 e. The van der Waals surface area contributed by atoms with Gasteiger partial charge in [0.25, 0.3) is 0 Å². The van der Waals surface area contributed by atoms with Crippen molar-refractivity contribution in [3.8, 4) is 11.5 Å². The van der Waals surface area contributed by atoms with Crippen molar-refractivity contribution in [1.82, 2.24) is 0 Å². The average Bonchev–Trinajstić information content (AvgIpc) is 3.22. The normalized spacial score (nSPS) is 12.3. The van der Waals surface area contributed by atoms with E-state index in [1.54, 1.807) is 0 Å². The summed E-state index contributed by atoms with van der Waals surface area (Å²) in [4.78, 5) is 0. The predicted octanol–water partition coefficient (Wildman–Crippen LogP) is 19.0. The second-order valence-corrected chi connectivity index (χ2v) is 20.6. The van der Waals surface area contributed by atoms with E-state index >= 15 is 0 Å². The summed E-state index contributed by atoms with van der Waals surface area (Å²) in [7, 11) is 0. The first-order valence-electron chi connectivity index (χ1n) is 26.1. The van der Waals surface area contributed by atoms with Gasteiger partial charge in [-0.2, -0.15) is 11.8 Å². The van der Waals surface area contributed by atoms with Crippen molar-refractivity contribution in [2.75, 3.05) is 5.75 Å². The van der Waals surface area contributed by atoms with Gasteiger partial charge in [0.05, 0.1) is 0 Å². The molecule has 2 aromatic rings. The summed E-state index contributed by atoms with van der Waals surface area (Å²) in [5.74, 6) is 1.98. The van der Waals surface area contributed by atoms with Crippen LogP contribution in [-0.4, -0.2) is 21.2 Å². The maximum Gasteiger partial charge on any atom is 0.122 e. The molecule has 59 heavy (non-hydrogen) atoms. The lowest BCUT2D eigenvalue weighted by Crippen LogP contribution is -2.11. The Kier molecular flexibility index (Phi) is 32.6. The molecule has 1 unspecified atom stereocenters. The minimum absolute atomic E-state index is 0.0297. The Hall–Kier alpha value is -1.61. The number of thioether (sulfide) groups is 1. The first-order valence-corrected chi connectivity index (χ1v) is 27.1. The quantitative estimate of drug-likeness (QED) is 0.0657. The third-order valence-corrected chi connectivity index (χ3v) is 14.2. The van der Waals surface area contributed by atoms with Crippen LogP contribution in [0.15, 0.2) is 24.3 Å². The van der Waals surface area contributed by atoms with E-state index in [9.17, 15) is 10.2 Å². The summed E-state index contributed by atoms with van der Waals surface area (Å²) in [5.41, 5.74) is 6.62. The molecule has 2 rings (SSSR count). The van der Waals surface area contributed by atoms with Gasteiger partial charge in [0.2, 0.25) is 0 Å². The summed E-state index contributed by atoms with van der Waals surface area (Å²) in [6.45, 7) is 13.5. The van der Waals surface area contributed by atoms with E-state index in [2.05, 4.69) is 65.8 Å². The van der Waals surface area contributed by atoms with Crippen molar-refractivity contribution in [3.05, 3.63) is 57.6 Å². The van der Waals surface area contributed by atoms with Crippen LogP contribution in [0.5, 0.6) is 11.5 Å². The molecule has 0 aliphatic carbocycles. The van der Waals surface area contributed by atoms with Crippen molar-refractivity contribution >= 4 is 11.8 Å². The zero-order chi connectivity index (χ0) is 42.8. The number of unbranched alkanes of at least 4 members (excludes halogenated alkanes) is 30. The highest BCUT2D eigenvalue weighted by Crippen LogP contribution is 2.44. The van der Waals surface area contributed by atoms with E-state index in [0.29, 0.717) is 16.7 Å². The van der Waals surface area contributed by atoms with Gasteiger partial charge in [-0.3, -0.25) is 0 Å². The molecule has 2 aromatic carbocycles. The van der Waals surface area contributed by atoms with Gasteiger partial charge >= 0.3 is 0 Å². The molecular weight excluding hydrogens is 737 g/mol. The van der Waals surface area contributed by atoms with Gasteiger partial charge < -0.3 is 10.2 Å². The molecule has 3 heteroatoms. The highest BCUT2D eigenvalue weighted by Gasteiger charge is 2.26. The molecule has 0 aromatic heterocycles. The van der Waals surface area contributed by atoms with Gasteiger partial charge in [0, 0.05) is 22.3 Å². The van der Waals surface area contributed by atoms with Gasteiger partial charge in [-0.05, 0) is 62.8 Å². The van der Waals surface area contributed by atoms with E-state index in [1.165, 1.54) is 204 Å². The van der Waals surface area contributed by atoms with Gasteiger partial charge in [-0.15, -0.1) is 0 Å². The molecule has 0 aliphatic rings. The lowest BCUT2D eigenvalue weighted by Gasteiger charge is -2.26. The Morgan fingerprint density at radius 2 is 0.678 bits per heavy atom. The fraction of sp³-hybridized carbons (Fsp3) is 0.786. The number of phenolic OH excluding ortho intramolecular Hbond substituents is 2. The van der Waals surface area contributed by atoms with Crippen molar-refractivity contribution in [2.24, 2.45) is 0 Å². The molecular formula is C56H98O2S. The Morgan fingerprint density at radius 3 is 0.949 bits per heavy atom. The van der Waals surface area contributed by atoms with Crippen LogP contribution in [0, 0.1) is 13.8 Å². The molecule has 0 amide bonds. The molecule has 0 bridgehead atoms. The molecule has 2 N–H and O–H groups in total. The number of phenols is 2. The molecule has 0 aliphatic heterocycles. The van der Waals surface area contributed by atoms with Gasteiger partial charge in [-0.25, -0.2) is 0 Å². The average molecular weight is 835 g/mol. The molecule has 0 saturated heterocycles. The fourth-order valence-electron chi connectivity index (χ4n) is 9.51. The molecule has 0 saturated carbocycles. The number of rotatable bonds is 40. The van der Waals surface area contributed by atoms with Crippen molar-refractivity contribution in [3.63, 3.8) is 0 Å². The molecule has 0 spiro atoms. The minimum atomic E-state index is -0.0297. The number of hydrogen-bond donors (Lipinski definition) is 2. The van der Waals surface area contributed by atoms with E-state index < -0.39 is 0 Å². The lowest BCUT2D eigenvalue weighted by molar-refractivity contribution is 0.441. The summed E-state index contributed by atoms with van der Waals surface area (Å²) >= 11 is 1.98. The van der Waals surface area contributed by atoms with Crippen LogP contribution in [0.25, 0.3) is 0 Å². The summed E-state index contributed by atoms with van der Waals surface area (Å²) in [6, 6.07) is 8.84. The lowest BCUT2D eigenvalue weighted by atomic mass is 9.82. The van der Waals surface area contributed by atoms with Crippen LogP contribution in [-0.2, 0) is 12.8 Å². The number of aromatic hydroxyl groups is 2. The minimum Gasteiger partial charge on any atom is -0.507 e. The molecule has 0 heterocycles. The van der Waals surface area contributed by atoms with Crippen LogP contribution >= 0.6 is 11.8 Å². The molecule has 0 fully saturated rings. The maximum absolute atomic E-state index is 11.9. The van der Waals surface area contributed by atoms with Gasteiger partial charge in [0.1, 0.15) is 11.5 Å². The van der Waals surface area contributed by atoms with Crippen LogP contribution in [0.3, 0.4) is 0 Å². The number of hydrogen-bond acceptors (Lipinski definition) is 3. The zero-order valence-corrected chi connectivity index (χ0v) is 41.0. The smallest absolute Gasteiger partial charge is 0.122 e. The third-order valence-electron chi connectivity index (χ3n) is 13.1. The number of benzene rings is 2. The Balaban J connectivity index is 1.85. The van der Waals surface area contributed by atoms with Crippen molar-refractivity contribution in [1.29, 1.82) is 0 Å². The van der Waals surface area contributed by atoms with Crippen LogP contribution in [0.2, 0.25) is 0 Å². The zero-order valence-electron chi connectivity index (χ0n) is 40.2. The second-order valence-electron chi connectivity index (χ2n) is 18.9. The summed E-state index contributed by atoms with van der Waals surface area (Å²) in [5, 5.41) is 24.3. The van der Waals surface area contributed by atoms with Crippen molar-refractivity contribution in [2.45, 2.75) is 277 Å². The Morgan fingerprint density at radius 1 is 0.407 bits per heavy atom. The van der Waals surface area contributed by atoms with E-state index in [4.69, 9.17) is 0 Å². The molecule has 0 radical (unpaired) electrons. The maximum atomic E-state index is 11.9. The Labute approximate surface area is 372 Å². The van der Waals surface area contributed by atoms with Crippen LogP contribution < -0.4 is 0 Å². The van der Waals surface area contributed by atoms with Gasteiger partial charge in [-0.1, -0.05) is 256 Å². The topological polar surface area (TPSA) is 40.5 Å². The van der Waals surface area contributed by atoms with Crippen LogP contribution in [0.4, 0.5) is 0 Å². The first kappa shape index (κ1) is 53.5. The number of aryl methyl sites for hydroxylation is 4. The van der Waals surface area contributed by atoms with E-state index in [1.807, 2.05) is 11.8 Å². The Bertz CT molecular complexity index is 1190. The van der Waals surface area contributed by atoms with Gasteiger partial charge in [0.15, 0.2) is 0 Å². The fourth-order valence-corrected chi connectivity index (χ4v) is 10.4. The second kappa shape index (κ2) is 35.9. The van der Waals surface area contributed by atoms with E-state index in [-0.39, 0.29) is 5.92 Å². The molecule has 340 valence electrons.